The van der Waals surface area contributed by atoms with Crippen LogP contribution in [0.15, 0.2) is 24.3 Å². The molecule has 0 aliphatic carbocycles. The van der Waals surface area contributed by atoms with Crippen LogP contribution in [-0.4, -0.2) is 62.8 Å². The monoisotopic (exact) mass is 462 g/mol. The molecule has 0 spiro atoms. The molecule has 1 N–H and O–H groups in total. The SMILES string of the molecule is Cc1cc(C)nc(-n2nc(C)c(CC(=O)Nc3cccc(C(=O)N4CCOCC4)c3C)c2C)n1. The Balaban J connectivity index is 1.52. The molecule has 0 unspecified atom stereocenters. The molecule has 3 heterocycles. The second-order valence-corrected chi connectivity index (χ2v) is 8.62. The molecular weight excluding hydrogens is 432 g/mol. The van der Waals surface area contributed by atoms with E-state index < -0.39 is 0 Å². The summed E-state index contributed by atoms with van der Waals surface area (Å²) in [4.78, 5) is 36.7. The van der Waals surface area contributed by atoms with Crippen molar-refractivity contribution in [2.24, 2.45) is 0 Å². The average Bonchev–Trinajstić information content (AvgIpc) is 3.08. The Hall–Kier alpha value is -3.59. The van der Waals surface area contributed by atoms with E-state index in [-0.39, 0.29) is 18.2 Å². The standard InChI is InChI=1S/C25H30N6O3/c1-15-13-16(2)27-25(26-15)31-19(5)21(18(4)29-31)14-23(32)28-22-8-6-7-20(17(22)3)24(33)30-9-11-34-12-10-30/h6-8,13H,9-12,14H2,1-5H3,(H,28,32). The lowest BCUT2D eigenvalue weighted by atomic mass is 10.0. The van der Waals surface area contributed by atoms with E-state index in [2.05, 4.69) is 20.4 Å². The molecule has 1 aromatic carbocycles. The van der Waals surface area contributed by atoms with Crippen LogP contribution < -0.4 is 5.32 Å². The van der Waals surface area contributed by atoms with E-state index in [1.54, 1.807) is 21.7 Å². The van der Waals surface area contributed by atoms with Crippen LogP contribution in [0.3, 0.4) is 0 Å². The highest BCUT2D eigenvalue weighted by Gasteiger charge is 2.22. The first-order chi connectivity index (χ1) is 16.2. The van der Waals surface area contributed by atoms with Gasteiger partial charge >= 0.3 is 0 Å². The van der Waals surface area contributed by atoms with Crippen molar-refractivity contribution in [3.63, 3.8) is 0 Å². The molecular formula is C25H30N6O3. The van der Waals surface area contributed by atoms with Gasteiger partial charge in [0.2, 0.25) is 5.91 Å². The minimum absolute atomic E-state index is 0.0432. The number of hydrogen-bond acceptors (Lipinski definition) is 6. The van der Waals surface area contributed by atoms with E-state index in [9.17, 15) is 9.59 Å². The highest BCUT2D eigenvalue weighted by Crippen LogP contribution is 2.22. The van der Waals surface area contributed by atoms with Gasteiger partial charge in [-0.3, -0.25) is 9.59 Å². The lowest BCUT2D eigenvalue weighted by Gasteiger charge is -2.27. The summed E-state index contributed by atoms with van der Waals surface area (Å²) in [5, 5.41) is 7.56. The maximum atomic E-state index is 13.0. The smallest absolute Gasteiger partial charge is 0.254 e. The van der Waals surface area contributed by atoms with Crippen LogP contribution in [0.4, 0.5) is 5.69 Å². The first-order valence-corrected chi connectivity index (χ1v) is 11.4. The van der Waals surface area contributed by atoms with Gasteiger partial charge in [-0.15, -0.1) is 0 Å². The number of aromatic nitrogens is 4. The summed E-state index contributed by atoms with van der Waals surface area (Å²) in [7, 11) is 0. The zero-order valence-electron chi connectivity index (χ0n) is 20.3. The first-order valence-electron chi connectivity index (χ1n) is 11.4. The van der Waals surface area contributed by atoms with Gasteiger partial charge in [0.1, 0.15) is 0 Å². The van der Waals surface area contributed by atoms with Crippen LogP contribution >= 0.6 is 0 Å². The number of nitrogens with one attached hydrogen (secondary N) is 1. The normalized spacial score (nSPS) is 13.7. The minimum Gasteiger partial charge on any atom is -0.378 e. The van der Waals surface area contributed by atoms with Crippen molar-refractivity contribution < 1.29 is 14.3 Å². The molecule has 0 radical (unpaired) electrons. The Morgan fingerprint density at radius 1 is 1.03 bits per heavy atom. The summed E-state index contributed by atoms with van der Waals surface area (Å²) < 4.78 is 7.03. The third-order valence-electron chi connectivity index (χ3n) is 6.08. The van der Waals surface area contributed by atoms with Crippen LogP contribution in [0.1, 0.15) is 44.3 Å². The number of rotatable bonds is 5. The van der Waals surface area contributed by atoms with Gasteiger partial charge in [0.05, 0.1) is 25.3 Å². The molecule has 34 heavy (non-hydrogen) atoms. The molecule has 2 aromatic heterocycles. The van der Waals surface area contributed by atoms with E-state index in [0.29, 0.717) is 43.5 Å². The van der Waals surface area contributed by atoms with Gasteiger partial charge in [-0.05, 0) is 58.4 Å². The van der Waals surface area contributed by atoms with E-state index in [4.69, 9.17) is 4.74 Å². The van der Waals surface area contributed by atoms with Crippen LogP contribution in [0.5, 0.6) is 0 Å². The topological polar surface area (TPSA) is 102 Å². The van der Waals surface area contributed by atoms with Crippen molar-refractivity contribution in [1.29, 1.82) is 0 Å². The molecule has 0 bridgehead atoms. The molecule has 1 aliphatic rings. The van der Waals surface area contributed by atoms with Crippen molar-refractivity contribution in [3.8, 4) is 5.95 Å². The Morgan fingerprint density at radius 3 is 2.38 bits per heavy atom. The van der Waals surface area contributed by atoms with Crippen molar-refractivity contribution in [1.82, 2.24) is 24.6 Å². The maximum absolute atomic E-state index is 13.0. The Labute approximate surface area is 199 Å². The molecule has 1 aliphatic heterocycles. The fourth-order valence-corrected chi connectivity index (χ4v) is 4.22. The van der Waals surface area contributed by atoms with Crippen molar-refractivity contribution in [3.05, 3.63) is 63.7 Å². The maximum Gasteiger partial charge on any atom is 0.254 e. The average molecular weight is 463 g/mol. The number of amides is 2. The number of ether oxygens (including phenoxy) is 1. The van der Waals surface area contributed by atoms with Crippen LogP contribution in [0, 0.1) is 34.6 Å². The molecule has 3 aromatic rings. The second kappa shape index (κ2) is 9.72. The summed E-state index contributed by atoms with van der Waals surface area (Å²) in [5.41, 5.74) is 6.09. The van der Waals surface area contributed by atoms with E-state index in [1.165, 1.54) is 0 Å². The number of morpholine rings is 1. The van der Waals surface area contributed by atoms with Gasteiger partial charge in [-0.1, -0.05) is 6.07 Å². The number of carbonyl (C=O) groups excluding carboxylic acids is 2. The highest BCUT2D eigenvalue weighted by atomic mass is 16.5. The van der Waals surface area contributed by atoms with E-state index >= 15 is 0 Å². The summed E-state index contributed by atoms with van der Waals surface area (Å²) in [6.45, 7) is 11.7. The van der Waals surface area contributed by atoms with Crippen molar-refractivity contribution in [2.75, 3.05) is 31.6 Å². The molecule has 0 saturated carbocycles. The quantitative estimate of drug-likeness (QED) is 0.626. The van der Waals surface area contributed by atoms with Crippen LogP contribution in [-0.2, 0) is 16.0 Å². The fourth-order valence-electron chi connectivity index (χ4n) is 4.22. The van der Waals surface area contributed by atoms with Crippen molar-refractivity contribution >= 4 is 17.5 Å². The van der Waals surface area contributed by atoms with Crippen LogP contribution in [0.25, 0.3) is 5.95 Å². The molecule has 1 fully saturated rings. The number of carbonyl (C=O) groups is 2. The zero-order chi connectivity index (χ0) is 24.4. The van der Waals surface area contributed by atoms with Gasteiger partial charge in [0.15, 0.2) is 0 Å². The molecule has 178 valence electrons. The van der Waals surface area contributed by atoms with Gasteiger partial charge in [-0.25, -0.2) is 14.6 Å². The molecule has 2 amide bonds. The van der Waals surface area contributed by atoms with E-state index in [1.807, 2.05) is 46.8 Å². The Bertz CT molecular complexity index is 1220. The van der Waals surface area contributed by atoms with Gasteiger partial charge in [-0.2, -0.15) is 5.10 Å². The summed E-state index contributed by atoms with van der Waals surface area (Å²) in [6, 6.07) is 7.31. The fraction of sp³-hybridized carbons (Fsp3) is 0.400. The number of aryl methyl sites for hydroxylation is 3. The lowest BCUT2D eigenvalue weighted by Crippen LogP contribution is -2.41. The summed E-state index contributed by atoms with van der Waals surface area (Å²) in [5.74, 6) is 0.277. The van der Waals surface area contributed by atoms with E-state index in [0.717, 1.165) is 33.9 Å². The highest BCUT2D eigenvalue weighted by molar-refractivity contribution is 5.99. The molecule has 1 saturated heterocycles. The third-order valence-corrected chi connectivity index (χ3v) is 6.08. The third kappa shape index (κ3) is 4.84. The van der Waals surface area contributed by atoms with Gasteiger partial charge < -0.3 is 15.0 Å². The lowest BCUT2D eigenvalue weighted by molar-refractivity contribution is -0.115. The largest absolute Gasteiger partial charge is 0.378 e. The van der Waals surface area contributed by atoms with Crippen LogP contribution in [0.2, 0.25) is 0 Å². The summed E-state index contributed by atoms with van der Waals surface area (Å²) in [6.07, 6.45) is 0.156. The molecule has 0 atom stereocenters. The minimum atomic E-state index is -0.175. The number of hydrogen-bond donors (Lipinski definition) is 1. The molecule has 9 nitrogen and oxygen atoms in total. The second-order valence-electron chi connectivity index (χ2n) is 8.62. The number of anilines is 1. The number of nitrogens with zero attached hydrogens (tertiary/aromatic N) is 5. The Morgan fingerprint density at radius 2 is 1.71 bits per heavy atom. The number of benzene rings is 1. The summed E-state index contributed by atoms with van der Waals surface area (Å²) >= 11 is 0. The van der Waals surface area contributed by atoms with Crippen molar-refractivity contribution in [2.45, 2.75) is 41.0 Å². The van der Waals surface area contributed by atoms with Gasteiger partial charge in [0.25, 0.3) is 11.9 Å². The molecule has 4 rings (SSSR count). The van der Waals surface area contributed by atoms with Gasteiger partial charge in [0, 0.05) is 47.0 Å². The molecule has 9 heteroatoms. The first kappa shape index (κ1) is 23.6. The predicted octanol–water partition coefficient (Wildman–Crippen LogP) is 2.86. The Kier molecular flexibility index (Phi) is 6.74. The predicted molar refractivity (Wildman–Crippen MR) is 128 cm³/mol. The zero-order valence-corrected chi connectivity index (χ0v) is 20.3.